The lowest BCUT2D eigenvalue weighted by atomic mass is 10.3. The summed E-state index contributed by atoms with van der Waals surface area (Å²) < 4.78 is 5.46. The molecule has 0 aliphatic rings. The number of nitrogens with zero attached hydrogens (tertiary/aromatic N) is 2. The van der Waals surface area contributed by atoms with Crippen LogP contribution < -0.4 is 10.6 Å². The molecule has 7 nitrogen and oxygen atoms in total. The average molecular weight is 340 g/mol. The molecule has 0 spiro atoms. The van der Waals surface area contributed by atoms with Crippen LogP contribution in [0.2, 0.25) is 0 Å². The van der Waals surface area contributed by atoms with Crippen molar-refractivity contribution in [1.82, 2.24) is 20.8 Å². The van der Waals surface area contributed by atoms with Gasteiger partial charge in [0.05, 0.1) is 10.6 Å². The van der Waals surface area contributed by atoms with Crippen LogP contribution in [0, 0.1) is 0 Å². The van der Waals surface area contributed by atoms with E-state index in [1.165, 1.54) is 11.3 Å². The second kappa shape index (κ2) is 7.95. The summed E-state index contributed by atoms with van der Waals surface area (Å²) >= 11 is 2.64. The maximum atomic E-state index is 11.8. The molecule has 0 aromatic carbocycles. The Balaban J connectivity index is 1.80. The molecule has 2 amide bonds. The molecule has 9 heteroatoms. The fourth-order valence-corrected chi connectivity index (χ4v) is 2.79. The van der Waals surface area contributed by atoms with Crippen LogP contribution in [-0.2, 0) is 9.59 Å². The van der Waals surface area contributed by atoms with Crippen molar-refractivity contribution in [2.24, 2.45) is 0 Å². The fraction of sp³-hybridized carbons (Fsp3) is 0.385. The topological polar surface area (TPSA) is 97.1 Å². The minimum atomic E-state index is -0.572. The number of aromatic nitrogens is 2. The van der Waals surface area contributed by atoms with E-state index >= 15 is 0 Å². The molecular formula is C13H16N4O3S2. The van der Waals surface area contributed by atoms with Gasteiger partial charge in [-0.1, -0.05) is 17.8 Å². The zero-order valence-electron chi connectivity index (χ0n) is 12.2. The first-order valence-electron chi connectivity index (χ1n) is 6.67. The Hall–Kier alpha value is -1.87. The van der Waals surface area contributed by atoms with Gasteiger partial charge in [0, 0.05) is 6.54 Å². The van der Waals surface area contributed by atoms with Crippen molar-refractivity contribution in [2.45, 2.75) is 25.1 Å². The SMILES string of the molecule is CCNC(=O)[C@H](C)NC(=O)CSc1nnc(-c2cccs2)o1. The fourth-order valence-electron chi connectivity index (χ4n) is 1.57. The molecular weight excluding hydrogens is 324 g/mol. The Morgan fingerprint density at radius 2 is 2.27 bits per heavy atom. The standard InChI is InChI=1S/C13H16N4O3S2/c1-3-14-11(19)8(2)15-10(18)7-22-13-17-16-12(20-13)9-5-4-6-21-9/h4-6,8H,3,7H2,1-2H3,(H,14,19)(H,15,18)/t8-/m0/s1. The Bertz CT molecular complexity index is 627. The second-order valence-corrected chi connectivity index (χ2v) is 6.20. The molecule has 0 aliphatic carbocycles. The lowest BCUT2D eigenvalue weighted by Gasteiger charge is -2.12. The summed E-state index contributed by atoms with van der Waals surface area (Å²) in [5, 5.41) is 15.3. The summed E-state index contributed by atoms with van der Waals surface area (Å²) in [6, 6.07) is 3.21. The minimum Gasteiger partial charge on any atom is -0.410 e. The molecule has 2 aromatic rings. The van der Waals surface area contributed by atoms with Crippen molar-refractivity contribution in [3.8, 4) is 10.8 Å². The monoisotopic (exact) mass is 340 g/mol. The molecule has 2 heterocycles. The highest BCUT2D eigenvalue weighted by Gasteiger charge is 2.16. The van der Waals surface area contributed by atoms with Gasteiger partial charge in [0.2, 0.25) is 11.8 Å². The summed E-state index contributed by atoms with van der Waals surface area (Å²) in [6.45, 7) is 3.99. The normalized spacial score (nSPS) is 11.9. The number of hydrogen-bond donors (Lipinski definition) is 2. The summed E-state index contributed by atoms with van der Waals surface area (Å²) in [4.78, 5) is 24.2. The molecule has 0 saturated carbocycles. The first-order valence-corrected chi connectivity index (χ1v) is 8.54. The molecule has 0 fully saturated rings. The number of carbonyl (C=O) groups is 2. The van der Waals surface area contributed by atoms with Crippen molar-refractivity contribution >= 4 is 34.9 Å². The van der Waals surface area contributed by atoms with Crippen LogP contribution in [0.4, 0.5) is 0 Å². The molecule has 2 N–H and O–H groups in total. The van der Waals surface area contributed by atoms with E-state index in [1.807, 2.05) is 24.4 Å². The van der Waals surface area contributed by atoms with E-state index in [-0.39, 0.29) is 17.6 Å². The third-order valence-electron chi connectivity index (χ3n) is 2.59. The number of rotatable bonds is 7. The number of hydrogen-bond acceptors (Lipinski definition) is 7. The first-order chi connectivity index (χ1) is 10.6. The maximum absolute atomic E-state index is 11.8. The molecule has 2 aromatic heterocycles. The van der Waals surface area contributed by atoms with Gasteiger partial charge in [-0.3, -0.25) is 9.59 Å². The predicted octanol–water partition coefficient (Wildman–Crippen LogP) is 1.53. The molecule has 0 bridgehead atoms. The lowest BCUT2D eigenvalue weighted by molar-refractivity contribution is -0.127. The zero-order valence-corrected chi connectivity index (χ0v) is 13.8. The lowest BCUT2D eigenvalue weighted by Crippen LogP contribution is -2.45. The highest BCUT2D eigenvalue weighted by Crippen LogP contribution is 2.26. The number of likely N-dealkylation sites (N-methyl/N-ethyl adjacent to an activating group) is 1. The van der Waals surface area contributed by atoms with Gasteiger partial charge >= 0.3 is 0 Å². The van der Waals surface area contributed by atoms with Gasteiger partial charge in [-0.05, 0) is 25.3 Å². The molecule has 0 radical (unpaired) electrons. The Morgan fingerprint density at radius 1 is 1.45 bits per heavy atom. The van der Waals surface area contributed by atoms with Crippen molar-refractivity contribution in [3.63, 3.8) is 0 Å². The van der Waals surface area contributed by atoms with E-state index in [0.717, 1.165) is 16.6 Å². The van der Waals surface area contributed by atoms with Gasteiger partial charge in [0.25, 0.3) is 11.1 Å². The van der Waals surface area contributed by atoms with E-state index in [4.69, 9.17) is 4.42 Å². The van der Waals surface area contributed by atoms with Crippen LogP contribution in [0.15, 0.2) is 27.2 Å². The number of thiophene rings is 1. The van der Waals surface area contributed by atoms with E-state index in [9.17, 15) is 9.59 Å². The minimum absolute atomic E-state index is 0.107. The third kappa shape index (κ3) is 4.57. The Morgan fingerprint density at radius 3 is 2.95 bits per heavy atom. The molecule has 1 atom stereocenters. The molecule has 2 rings (SSSR count). The van der Waals surface area contributed by atoms with Gasteiger partial charge in [0.1, 0.15) is 6.04 Å². The third-order valence-corrected chi connectivity index (χ3v) is 4.26. The molecule has 22 heavy (non-hydrogen) atoms. The van der Waals surface area contributed by atoms with Gasteiger partial charge in [-0.15, -0.1) is 21.5 Å². The smallest absolute Gasteiger partial charge is 0.277 e. The van der Waals surface area contributed by atoms with Gasteiger partial charge in [-0.25, -0.2) is 0 Å². The van der Waals surface area contributed by atoms with E-state index in [0.29, 0.717) is 17.7 Å². The van der Waals surface area contributed by atoms with Crippen LogP contribution >= 0.6 is 23.1 Å². The summed E-state index contributed by atoms with van der Waals surface area (Å²) in [6.07, 6.45) is 0. The molecule has 118 valence electrons. The van der Waals surface area contributed by atoms with Crippen molar-refractivity contribution in [2.75, 3.05) is 12.3 Å². The molecule has 0 unspecified atom stereocenters. The zero-order chi connectivity index (χ0) is 15.9. The Kier molecular flexibility index (Phi) is 5.96. The van der Waals surface area contributed by atoms with Gasteiger partial charge in [-0.2, -0.15) is 0 Å². The first kappa shape index (κ1) is 16.5. The number of carbonyl (C=O) groups excluding carboxylic acids is 2. The summed E-state index contributed by atoms with van der Waals surface area (Å²) in [5.74, 6) is 0.0716. The number of thioether (sulfide) groups is 1. The van der Waals surface area contributed by atoms with Crippen LogP contribution in [0.1, 0.15) is 13.8 Å². The number of nitrogens with one attached hydrogen (secondary N) is 2. The highest BCUT2D eigenvalue weighted by atomic mass is 32.2. The van der Waals surface area contributed by atoms with Gasteiger partial charge < -0.3 is 15.1 Å². The van der Waals surface area contributed by atoms with Crippen LogP contribution in [0.3, 0.4) is 0 Å². The average Bonchev–Trinajstić information content (AvgIpc) is 3.16. The quantitative estimate of drug-likeness (QED) is 0.742. The van der Waals surface area contributed by atoms with Crippen molar-refractivity contribution < 1.29 is 14.0 Å². The van der Waals surface area contributed by atoms with Crippen LogP contribution in [-0.4, -0.2) is 40.4 Å². The van der Waals surface area contributed by atoms with Crippen LogP contribution in [0.5, 0.6) is 0 Å². The van der Waals surface area contributed by atoms with Crippen molar-refractivity contribution in [3.05, 3.63) is 17.5 Å². The largest absolute Gasteiger partial charge is 0.410 e. The molecule has 0 aliphatic heterocycles. The van der Waals surface area contributed by atoms with E-state index < -0.39 is 6.04 Å². The van der Waals surface area contributed by atoms with Gasteiger partial charge in [0.15, 0.2) is 0 Å². The van der Waals surface area contributed by atoms with Crippen molar-refractivity contribution in [1.29, 1.82) is 0 Å². The second-order valence-electron chi connectivity index (χ2n) is 4.32. The Labute approximate surface area is 135 Å². The highest BCUT2D eigenvalue weighted by molar-refractivity contribution is 7.99. The number of amides is 2. The predicted molar refractivity (Wildman–Crippen MR) is 84.6 cm³/mol. The van der Waals surface area contributed by atoms with E-state index in [2.05, 4.69) is 20.8 Å². The summed E-state index contributed by atoms with van der Waals surface area (Å²) in [7, 11) is 0. The van der Waals surface area contributed by atoms with Crippen LogP contribution in [0.25, 0.3) is 10.8 Å². The van der Waals surface area contributed by atoms with E-state index in [1.54, 1.807) is 6.92 Å². The summed E-state index contributed by atoms with van der Waals surface area (Å²) in [5.41, 5.74) is 0. The molecule has 0 saturated heterocycles. The maximum Gasteiger partial charge on any atom is 0.277 e.